The highest BCUT2D eigenvalue weighted by molar-refractivity contribution is 14.1. The van der Waals surface area contributed by atoms with Crippen molar-refractivity contribution >= 4 is 56.8 Å². The average Bonchev–Trinajstić information content (AvgIpc) is 2.81. The number of aromatic nitrogens is 1. The summed E-state index contributed by atoms with van der Waals surface area (Å²) in [5.74, 6) is -0.778. The van der Waals surface area contributed by atoms with E-state index in [1.165, 1.54) is 6.92 Å². The number of halogens is 1. The summed E-state index contributed by atoms with van der Waals surface area (Å²) >= 11 is 2.22. The molecule has 0 saturated heterocycles. The van der Waals surface area contributed by atoms with Gasteiger partial charge in [-0.1, -0.05) is 17.7 Å². The Morgan fingerprint density at radius 1 is 1.09 bits per heavy atom. The van der Waals surface area contributed by atoms with Crippen molar-refractivity contribution in [3.05, 3.63) is 92.3 Å². The number of nitrogens with zero attached hydrogens (tertiary/aromatic N) is 2. The van der Waals surface area contributed by atoms with E-state index in [1.807, 2.05) is 62.4 Å². The summed E-state index contributed by atoms with van der Waals surface area (Å²) in [6, 6.07) is 16.8. The lowest BCUT2D eigenvalue weighted by Crippen LogP contribution is -2.22. The summed E-state index contributed by atoms with van der Waals surface area (Å²) in [7, 11) is 0. The molecule has 8 heteroatoms. The molecule has 0 aliphatic heterocycles. The molecule has 0 fully saturated rings. The maximum atomic E-state index is 13.3. The Kier molecular flexibility index (Phi) is 7.06. The highest BCUT2D eigenvalue weighted by atomic mass is 127. The minimum Gasteiger partial charge on any atom is -0.461 e. The Morgan fingerprint density at radius 3 is 2.47 bits per heavy atom. The molecule has 2 aromatic heterocycles. The van der Waals surface area contributed by atoms with Gasteiger partial charge in [0.25, 0.3) is 5.91 Å². The van der Waals surface area contributed by atoms with Gasteiger partial charge in [0.1, 0.15) is 12.2 Å². The van der Waals surface area contributed by atoms with Gasteiger partial charge in [-0.2, -0.15) is 0 Å². The first kappa shape index (κ1) is 23.6. The predicted octanol–water partition coefficient (Wildman–Crippen LogP) is 5.60. The van der Waals surface area contributed by atoms with Crippen molar-refractivity contribution < 1.29 is 18.7 Å². The van der Waals surface area contributed by atoms with Crippen LogP contribution in [0.3, 0.4) is 0 Å². The first-order chi connectivity index (χ1) is 16.3. The third kappa shape index (κ3) is 5.51. The third-order valence-corrected chi connectivity index (χ3v) is 5.81. The third-order valence-electron chi connectivity index (χ3n) is 5.09. The Bertz CT molecular complexity index is 1440. The van der Waals surface area contributed by atoms with E-state index in [9.17, 15) is 9.59 Å². The number of aryl methyl sites for hydroxylation is 2. The van der Waals surface area contributed by atoms with Crippen LogP contribution in [0.2, 0.25) is 0 Å². The number of anilines is 1. The second-order valence-corrected chi connectivity index (χ2v) is 9.01. The standard InChI is InChI=1S/C26H22IN3O4/c1-15-4-8-20(9-5-15)29-25(32)23-12-22-18(14-33-17(3)31)13-28-16(2)24(22)34-26(23)30-21-10-6-19(27)7-11-21/h4-13H,14H2,1-3H3,(H,29,32). The van der Waals surface area contributed by atoms with Crippen molar-refractivity contribution in [2.45, 2.75) is 27.4 Å². The molecule has 0 spiro atoms. The van der Waals surface area contributed by atoms with Crippen molar-refractivity contribution in [3.63, 3.8) is 0 Å². The second kappa shape index (κ2) is 10.2. The smallest absolute Gasteiger partial charge is 0.302 e. The fourth-order valence-corrected chi connectivity index (χ4v) is 3.66. The van der Waals surface area contributed by atoms with Crippen molar-refractivity contribution in [1.29, 1.82) is 0 Å². The van der Waals surface area contributed by atoms with Gasteiger partial charge in [0.05, 0.1) is 11.4 Å². The van der Waals surface area contributed by atoms with Crippen molar-refractivity contribution in [2.24, 2.45) is 4.99 Å². The molecule has 0 aliphatic carbocycles. The number of rotatable bonds is 5. The number of benzene rings is 2. The molecule has 0 aliphatic rings. The molecule has 0 bridgehead atoms. The fourth-order valence-electron chi connectivity index (χ4n) is 3.30. The Balaban J connectivity index is 1.89. The lowest BCUT2D eigenvalue weighted by molar-refractivity contribution is -0.142. The van der Waals surface area contributed by atoms with Gasteiger partial charge < -0.3 is 14.5 Å². The van der Waals surface area contributed by atoms with Crippen LogP contribution in [0.15, 0.2) is 70.2 Å². The molecular formula is C26H22IN3O4. The van der Waals surface area contributed by atoms with Crippen LogP contribution in [-0.2, 0) is 16.1 Å². The number of ether oxygens (including phenoxy) is 1. The summed E-state index contributed by atoms with van der Waals surface area (Å²) in [5, 5.41) is 3.54. The zero-order valence-electron chi connectivity index (χ0n) is 18.9. The van der Waals surface area contributed by atoms with Gasteiger partial charge in [0.2, 0.25) is 5.55 Å². The molecule has 4 rings (SSSR count). The Morgan fingerprint density at radius 2 is 1.79 bits per heavy atom. The van der Waals surface area contributed by atoms with E-state index in [1.54, 1.807) is 12.3 Å². The number of carbonyl (C=O) groups excluding carboxylic acids is 2. The summed E-state index contributed by atoms with van der Waals surface area (Å²) in [6.07, 6.45) is 1.62. The molecule has 0 unspecified atom stereocenters. The number of hydrogen-bond donors (Lipinski definition) is 1. The van der Waals surface area contributed by atoms with Crippen LogP contribution in [0, 0.1) is 17.4 Å². The highest BCUT2D eigenvalue weighted by Gasteiger charge is 2.17. The monoisotopic (exact) mass is 567 g/mol. The van der Waals surface area contributed by atoms with E-state index in [4.69, 9.17) is 9.15 Å². The van der Waals surface area contributed by atoms with Crippen LogP contribution >= 0.6 is 22.6 Å². The minimum absolute atomic E-state index is 0.0151. The van der Waals surface area contributed by atoms with E-state index in [-0.39, 0.29) is 23.6 Å². The van der Waals surface area contributed by atoms with E-state index in [2.05, 4.69) is 37.9 Å². The van der Waals surface area contributed by atoms with Gasteiger partial charge >= 0.3 is 5.97 Å². The molecule has 0 radical (unpaired) electrons. The average molecular weight is 567 g/mol. The molecule has 2 heterocycles. The quantitative estimate of drug-likeness (QED) is 0.251. The van der Waals surface area contributed by atoms with E-state index >= 15 is 0 Å². The van der Waals surface area contributed by atoms with Crippen molar-refractivity contribution in [3.8, 4) is 0 Å². The second-order valence-electron chi connectivity index (χ2n) is 7.77. The number of pyridine rings is 1. The normalized spacial score (nSPS) is 11.5. The SMILES string of the molecule is CC(=O)OCc1cnc(C)c2oc(=Nc3ccc(I)cc3)c(C(=O)Nc3ccc(C)cc3)cc12. The Labute approximate surface area is 210 Å². The minimum atomic E-state index is -0.409. The topological polar surface area (TPSA) is 93.8 Å². The molecule has 0 atom stereocenters. The summed E-state index contributed by atoms with van der Waals surface area (Å²) in [4.78, 5) is 33.7. The lowest BCUT2D eigenvalue weighted by atomic mass is 10.1. The number of carbonyl (C=O) groups is 2. The number of hydrogen-bond acceptors (Lipinski definition) is 6. The molecule has 34 heavy (non-hydrogen) atoms. The summed E-state index contributed by atoms with van der Waals surface area (Å²) in [5.41, 5.74) is 4.54. The van der Waals surface area contributed by atoms with Crippen LogP contribution in [0.1, 0.15) is 34.1 Å². The molecule has 7 nitrogen and oxygen atoms in total. The first-order valence-corrected chi connectivity index (χ1v) is 11.6. The van der Waals surface area contributed by atoms with Crippen LogP contribution < -0.4 is 10.9 Å². The van der Waals surface area contributed by atoms with Gasteiger partial charge in [-0.15, -0.1) is 0 Å². The zero-order chi connectivity index (χ0) is 24.2. The number of esters is 1. The molecule has 1 amide bonds. The molecule has 0 saturated carbocycles. The van der Waals surface area contributed by atoms with E-state index in [0.717, 1.165) is 9.13 Å². The van der Waals surface area contributed by atoms with Gasteiger partial charge in [0.15, 0.2) is 5.58 Å². The zero-order valence-corrected chi connectivity index (χ0v) is 21.0. The molecule has 172 valence electrons. The predicted molar refractivity (Wildman–Crippen MR) is 138 cm³/mol. The number of nitrogens with one attached hydrogen (secondary N) is 1. The largest absolute Gasteiger partial charge is 0.461 e. The number of fused-ring (bicyclic) bond motifs is 1. The van der Waals surface area contributed by atoms with Crippen LogP contribution in [0.25, 0.3) is 11.0 Å². The van der Waals surface area contributed by atoms with Gasteiger partial charge in [-0.25, -0.2) is 4.99 Å². The first-order valence-electron chi connectivity index (χ1n) is 10.5. The van der Waals surface area contributed by atoms with Gasteiger partial charge in [-0.05, 0) is 78.9 Å². The van der Waals surface area contributed by atoms with Gasteiger partial charge in [-0.3, -0.25) is 14.6 Å². The van der Waals surface area contributed by atoms with Gasteiger partial charge in [0, 0.05) is 33.3 Å². The summed E-state index contributed by atoms with van der Waals surface area (Å²) in [6.45, 7) is 5.14. The van der Waals surface area contributed by atoms with Crippen molar-refractivity contribution in [2.75, 3.05) is 5.32 Å². The molecular weight excluding hydrogens is 545 g/mol. The van der Waals surface area contributed by atoms with Crippen molar-refractivity contribution in [1.82, 2.24) is 4.98 Å². The molecule has 4 aromatic rings. The maximum Gasteiger partial charge on any atom is 0.302 e. The highest BCUT2D eigenvalue weighted by Crippen LogP contribution is 2.23. The lowest BCUT2D eigenvalue weighted by Gasteiger charge is -2.11. The van der Waals surface area contributed by atoms with Crippen LogP contribution in [0.4, 0.5) is 11.4 Å². The Hall–Kier alpha value is -3.53. The van der Waals surface area contributed by atoms with Crippen LogP contribution in [0.5, 0.6) is 0 Å². The molecule has 1 N–H and O–H groups in total. The summed E-state index contributed by atoms with van der Waals surface area (Å²) < 4.78 is 12.4. The van der Waals surface area contributed by atoms with E-state index in [0.29, 0.717) is 33.6 Å². The fraction of sp³-hybridized carbons (Fsp3) is 0.154. The maximum absolute atomic E-state index is 13.3. The van der Waals surface area contributed by atoms with Crippen LogP contribution in [-0.4, -0.2) is 16.9 Å². The number of amides is 1. The molecule has 2 aromatic carbocycles. The van der Waals surface area contributed by atoms with E-state index < -0.39 is 5.97 Å².